The molecular formula is C10H12NO. The fraction of sp³-hybridized carbons (Fsp3) is 0.400. The molecule has 0 fully saturated rings. The van der Waals surface area contributed by atoms with Gasteiger partial charge in [0.25, 0.3) is 0 Å². The first-order valence-electron chi connectivity index (χ1n) is 4.25. The Bertz CT molecular complexity index is 269. The Labute approximate surface area is 72.5 Å². The number of nitrogens with zero attached hydrogens (tertiary/aromatic N) is 1. The molecule has 12 heavy (non-hydrogen) atoms. The molecule has 0 bridgehead atoms. The summed E-state index contributed by atoms with van der Waals surface area (Å²) < 4.78 is 5.22. The maximum Gasteiger partial charge on any atom is 0.144 e. The van der Waals surface area contributed by atoms with E-state index in [9.17, 15) is 0 Å². The van der Waals surface area contributed by atoms with Crippen LogP contribution in [-0.4, -0.2) is 13.7 Å². The monoisotopic (exact) mass is 162 g/mol. The largest absolute Gasteiger partial charge is 0.495 e. The first-order valence-corrected chi connectivity index (χ1v) is 4.25. The van der Waals surface area contributed by atoms with Crippen molar-refractivity contribution in [2.45, 2.75) is 12.8 Å². The van der Waals surface area contributed by atoms with Gasteiger partial charge in [0.2, 0.25) is 0 Å². The summed E-state index contributed by atoms with van der Waals surface area (Å²) in [5.74, 6) is 0.909. The standard InChI is InChI=1S/C10H12NO/c1-12-9-6-2-4-8-5-3-7-11-10(8)9/h2,4,6H,3,5,7H2,1H3. The molecule has 1 aromatic rings. The third-order valence-electron chi connectivity index (χ3n) is 2.18. The van der Waals surface area contributed by atoms with Crippen molar-refractivity contribution in [3.8, 4) is 5.75 Å². The molecule has 0 aromatic heterocycles. The van der Waals surface area contributed by atoms with Crippen LogP contribution in [-0.2, 0) is 6.42 Å². The lowest BCUT2D eigenvalue weighted by Crippen LogP contribution is -2.11. The number of aryl methyl sites for hydroxylation is 1. The van der Waals surface area contributed by atoms with E-state index in [0.29, 0.717) is 0 Å². The van der Waals surface area contributed by atoms with E-state index in [1.807, 2.05) is 12.1 Å². The molecule has 0 aliphatic carbocycles. The van der Waals surface area contributed by atoms with Crippen molar-refractivity contribution >= 4 is 5.69 Å². The van der Waals surface area contributed by atoms with E-state index >= 15 is 0 Å². The van der Waals surface area contributed by atoms with Gasteiger partial charge in [-0.25, -0.2) is 0 Å². The van der Waals surface area contributed by atoms with Crippen molar-refractivity contribution in [2.24, 2.45) is 0 Å². The predicted molar refractivity (Wildman–Crippen MR) is 48.0 cm³/mol. The van der Waals surface area contributed by atoms with Gasteiger partial charge in [0, 0.05) is 6.54 Å². The van der Waals surface area contributed by atoms with E-state index in [-0.39, 0.29) is 0 Å². The van der Waals surface area contributed by atoms with Crippen molar-refractivity contribution in [3.05, 3.63) is 23.8 Å². The summed E-state index contributed by atoms with van der Waals surface area (Å²) in [5.41, 5.74) is 2.38. The number of benzene rings is 1. The second kappa shape index (κ2) is 3.05. The van der Waals surface area contributed by atoms with Crippen LogP contribution in [0, 0.1) is 0 Å². The molecule has 1 aromatic carbocycles. The minimum absolute atomic E-state index is 0.909. The summed E-state index contributed by atoms with van der Waals surface area (Å²) in [6.07, 6.45) is 2.30. The normalized spacial score (nSPS) is 14.8. The van der Waals surface area contributed by atoms with Crippen molar-refractivity contribution in [1.29, 1.82) is 0 Å². The molecule has 1 aliphatic heterocycles. The molecule has 2 nitrogen and oxygen atoms in total. The zero-order chi connectivity index (χ0) is 8.39. The zero-order valence-corrected chi connectivity index (χ0v) is 7.21. The Morgan fingerprint density at radius 1 is 1.42 bits per heavy atom. The molecule has 0 unspecified atom stereocenters. The summed E-state index contributed by atoms with van der Waals surface area (Å²) in [7, 11) is 1.69. The van der Waals surface area contributed by atoms with Crippen LogP contribution in [0.1, 0.15) is 12.0 Å². The van der Waals surface area contributed by atoms with Gasteiger partial charge in [0.15, 0.2) is 0 Å². The van der Waals surface area contributed by atoms with Gasteiger partial charge in [-0.1, -0.05) is 12.1 Å². The third kappa shape index (κ3) is 1.13. The Morgan fingerprint density at radius 2 is 2.33 bits per heavy atom. The quantitative estimate of drug-likeness (QED) is 0.618. The summed E-state index contributed by atoms with van der Waals surface area (Å²) in [6.45, 7) is 0.938. The highest BCUT2D eigenvalue weighted by Gasteiger charge is 2.13. The van der Waals surface area contributed by atoms with Gasteiger partial charge in [-0.05, 0) is 24.5 Å². The second-order valence-corrected chi connectivity index (χ2v) is 2.95. The van der Waals surface area contributed by atoms with Crippen LogP contribution in [0.2, 0.25) is 0 Å². The Morgan fingerprint density at radius 3 is 3.17 bits per heavy atom. The van der Waals surface area contributed by atoms with Gasteiger partial charge in [-0.3, -0.25) is 5.32 Å². The molecule has 1 heterocycles. The first kappa shape index (κ1) is 7.47. The van der Waals surface area contributed by atoms with Crippen LogP contribution in [0.15, 0.2) is 18.2 Å². The molecule has 63 valence electrons. The highest BCUT2D eigenvalue weighted by Crippen LogP contribution is 2.31. The summed E-state index contributed by atoms with van der Waals surface area (Å²) >= 11 is 0. The van der Waals surface area contributed by atoms with Crippen LogP contribution in [0.5, 0.6) is 5.75 Å². The zero-order valence-electron chi connectivity index (χ0n) is 7.21. The lowest BCUT2D eigenvalue weighted by molar-refractivity contribution is 0.411. The van der Waals surface area contributed by atoms with E-state index in [1.54, 1.807) is 7.11 Å². The van der Waals surface area contributed by atoms with Gasteiger partial charge in [-0.15, -0.1) is 0 Å². The van der Waals surface area contributed by atoms with Crippen LogP contribution in [0.4, 0.5) is 5.69 Å². The van der Waals surface area contributed by atoms with E-state index in [0.717, 1.165) is 24.4 Å². The van der Waals surface area contributed by atoms with Crippen LogP contribution in [0.3, 0.4) is 0 Å². The lowest BCUT2D eigenvalue weighted by atomic mass is 10.0. The van der Waals surface area contributed by atoms with Gasteiger partial charge in [0.05, 0.1) is 7.11 Å². The first-order chi connectivity index (χ1) is 5.92. The second-order valence-electron chi connectivity index (χ2n) is 2.95. The molecule has 0 amide bonds. The number of methoxy groups -OCH3 is 1. The highest BCUT2D eigenvalue weighted by molar-refractivity contribution is 5.57. The van der Waals surface area contributed by atoms with Gasteiger partial charge in [0.1, 0.15) is 11.4 Å². The van der Waals surface area contributed by atoms with Gasteiger partial charge >= 0.3 is 0 Å². The molecule has 0 N–H and O–H groups in total. The van der Waals surface area contributed by atoms with Gasteiger partial charge in [-0.2, -0.15) is 0 Å². The van der Waals surface area contributed by atoms with Crippen LogP contribution < -0.4 is 10.1 Å². The molecule has 1 aliphatic rings. The van der Waals surface area contributed by atoms with Gasteiger partial charge < -0.3 is 4.74 Å². The number of ether oxygens (including phenoxy) is 1. The number of rotatable bonds is 1. The lowest BCUT2D eigenvalue weighted by Gasteiger charge is -2.17. The summed E-state index contributed by atoms with van der Waals surface area (Å²) in [6, 6.07) is 6.12. The Balaban J connectivity index is 2.44. The van der Waals surface area contributed by atoms with Crippen molar-refractivity contribution in [3.63, 3.8) is 0 Å². The third-order valence-corrected chi connectivity index (χ3v) is 2.18. The van der Waals surface area contributed by atoms with Crippen molar-refractivity contribution < 1.29 is 4.74 Å². The molecule has 0 spiro atoms. The Hall–Kier alpha value is -1.18. The minimum Gasteiger partial charge on any atom is -0.495 e. The average molecular weight is 162 g/mol. The van der Waals surface area contributed by atoms with E-state index in [2.05, 4.69) is 11.4 Å². The topological polar surface area (TPSA) is 23.3 Å². The Kier molecular flexibility index (Phi) is 1.90. The molecule has 2 rings (SSSR count). The predicted octanol–water partition coefficient (Wildman–Crippen LogP) is 1.88. The highest BCUT2D eigenvalue weighted by atomic mass is 16.5. The molecule has 0 atom stereocenters. The van der Waals surface area contributed by atoms with Crippen molar-refractivity contribution in [1.82, 2.24) is 5.32 Å². The smallest absolute Gasteiger partial charge is 0.144 e. The molecule has 0 saturated carbocycles. The fourth-order valence-corrected chi connectivity index (χ4v) is 1.57. The number of hydrogen-bond donors (Lipinski definition) is 0. The number of hydrogen-bond acceptors (Lipinski definition) is 1. The molecule has 0 saturated heterocycles. The number of fused-ring (bicyclic) bond motifs is 1. The molecular weight excluding hydrogens is 150 g/mol. The fourth-order valence-electron chi connectivity index (χ4n) is 1.57. The van der Waals surface area contributed by atoms with E-state index in [4.69, 9.17) is 4.74 Å². The van der Waals surface area contributed by atoms with Crippen LogP contribution in [0.25, 0.3) is 0 Å². The van der Waals surface area contributed by atoms with Crippen molar-refractivity contribution in [2.75, 3.05) is 13.7 Å². The van der Waals surface area contributed by atoms with E-state index in [1.165, 1.54) is 12.0 Å². The van der Waals surface area contributed by atoms with Crippen LogP contribution >= 0.6 is 0 Å². The summed E-state index contributed by atoms with van der Waals surface area (Å²) in [4.78, 5) is 0. The minimum atomic E-state index is 0.909. The van der Waals surface area contributed by atoms with E-state index < -0.39 is 0 Å². The summed E-state index contributed by atoms with van der Waals surface area (Å²) in [5, 5.41) is 4.44. The maximum absolute atomic E-state index is 5.22. The SMILES string of the molecule is COc1cccc2c1[N]CCC2. The molecule has 2 heteroatoms. The number of para-hydroxylation sites is 1. The average Bonchev–Trinajstić information content (AvgIpc) is 2.17. The maximum atomic E-state index is 5.22. The molecule has 1 radical (unpaired) electrons.